The van der Waals surface area contributed by atoms with Gasteiger partial charge in [-0.3, -0.25) is 15.0 Å². The lowest BCUT2D eigenvalue weighted by molar-refractivity contribution is -0.179. The number of urea groups is 1. The monoisotopic (exact) mass is 611 g/mol. The number of fused-ring (bicyclic) bond motifs is 1. The zero-order valence-corrected chi connectivity index (χ0v) is 26.2. The highest BCUT2D eigenvalue weighted by Gasteiger charge is 2.32. The molecule has 2 unspecified atom stereocenters. The van der Waals surface area contributed by atoms with Crippen molar-refractivity contribution >= 4 is 40.2 Å². The molecule has 232 valence electrons. The second-order valence-corrected chi connectivity index (χ2v) is 10.6. The number of ether oxygens (including phenoxy) is 2. The first-order valence-electron chi connectivity index (χ1n) is 14.4. The molecule has 0 aliphatic rings. The smallest absolute Gasteiger partial charge is 0.329 e. The Hall–Kier alpha value is -3.70. The van der Waals surface area contributed by atoms with E-state index in [1.54, 1.807) is 31.0 Å². The topological polar surface area (TPSA) is 112 Å². The molecule has 0 fully saturated rings. The number of hydrogen-bond donors (Lipinski definition) is 3. The van der Waals surface area contributed by atoms with Gasteiger partial charge in [0, 0.05) is 38.4 Å². The first-order chi connectivity index (χ1) is 20.6. The van der Waals surface area contributed by atoms with E-state index in [2.05, 4.69) is 16.1 Å². The number of rotatable bonds is 15. The van der Waals surface area contributed by atoms with Gasteiger partial charge in [0.05, 0.1) is 12.6 Å². The molecule has 11 heteroatoms. The molecule has 0 aromatic heterocycles. The summed E-state index contributed by atoms with van der Waals surface area (Å²) < 4.78 is 11.7. The van der Waals surface area contributed by atoms with Crippen LogP contribution in [0.15, 0.2) is 66.7 Å². The Kier molecular flexibility index (Phi) is 13.2. The maximum atomic E-state index is 13.9. The van der Waals surface area contributed by atoms with Crippen molar-refractivity contribution in [3.05, 3.63) is 82.9 Å². The van der Waals surface area contributed by atoms with Crippen LogP contribution in [0.4, 0.5) is 4.79 Å². The van der Waals surface area contributed by atoms with E-state index in [1.807, 2.05) is 75.4 Å². The summed E-state index contributed by atoms with van der Waals surface area (Å²) in [5.41, 5.74) is 4.45. The molecular weight excluding hydrogens is 570 g/mol. The average molecular weight is 612 g/mol. The normalized spacial score (nSPS) is 12.7. The van der Waals surface area contributed by atoms with Crippen molar-refractivity contribution in [1.29, 1.82) is 0 Å². The summed E-state index contributed by atoms with van der Waals surface area (Å²) >= 11 is 5.90. The van der Waals surface area contributed by atoms with Gasteiger partial charge in [-0.1, -0.05) is 66.2 Å². The summed E-state index contributed by atoms with van der Waals surface area (Å²) in [6.07, 6.45) is -0.640. The Morgan fingerprint density at radius 1 is 0.907 bits per heavy atom. The minimum atomic E-state index is -0.846. The number of carbonyl (C=O) groups excluding carboxylic acids is 3. The molecule has 0 aliphatic carbocycles. The standard InChI is InChI=1S/C32H42ClN5O5/c1-6-42-31(43-7-2)23(4)38(20-26-13-10-12-25-11-8-9-14-28(25)26)30(40)22(3)35-29(39)21-37(5)36-32(41)34-19-24-15-17-27(33)18-16-24/h8-18,22-23,31H,6-7,19-21H2,1-5H3,(H,35,39)(H2,34,36,41). The first kappa shape index (κ1) is 33.8. The summed E-state index contributed by atoms with van der Waals surface area (Å²) in [4.78, 5) is 40.7. The van der Waals surface area contributed by atoms with Gasteiger partial charge in [0.15, 0.2) is 6.29 Å². The minimum absolute atomic E-state index is 0.161. The lowest BCUT2D eigenvalue weighted by Crippen LogP contribution is -2.55. The Morgan fingerprint density at radius 3 is 2.23 bits per heavy atom. The van der Waals surface area contributed by atoms with Crippen LogP contribution < -0.4 is 16.1 Å². The van der Waals surface area contributed by atoms with E-state index in [4.69, 9.17) is 21.1 Å². The zero-order chi connectivity index (χ0) is 31.4. The summed E-state index contributed by atoms with van der Waals surface area (Å²) in [5, 5.41) is 9.56. The second-order valence-electron chi connectivity index (χ2n) is 10.2. The Labute approximate surface area is 258 Å². The van der Waals surface area contributed by atoms with Crippen LogP contribution in [-0.4, -0.2) is 72.9 Å². The molecule has 4 amide bonds. The lowest BCUT2D eigenvalue weighted by Gasteiger charge is -2.36. The molecule has 0 spiro atoms. The number of likely N-dealkylation sites (N-methyl/N-ethyl adjacent to an activating group) is 1. The molecular formula is C32H42ClN5O5. The Bertz CT molecular complexity index is 1340. The maximum absolute atomic E-state index is 13.9. The minimum Gasteiger partial charge on any atom is -0.351 e. The van der Waals surface area contributed by atoms with Gasteiger partial charge in [0.2, 0.25) is 11.8 Å². The quantitative estimate of drug-likeness (QED) is 0.173. The van der Waals surface area contributed by atoms with Crippen molar-refractivity contribution in [2.24, 2.45) is 0 Å². The fourth-order valence-electron chi connectivity index (χ4n) is 4.69. The average Bonchev–Trinajstić information content (AvgIpc) is 2.98. The van der Waals surface area contributed by atoms with E-state index in [0.29, 0.717) is 31.3 Å². The van der Waals surface area contributed by atoms with Gasteiger partial charge in [0.1, 0.15) is 6.04 Å². The number of hydrogen-bond acceptors (Lipinski definition) is 6. The van der Waals surface area contributed by atoms with Crippen molar-refractivity contribution < 1.29 is 23.9 Å². The molecule has 3 aromatic carbocycles. The van der Waals surface area contributed by atoms with Crippen LogP contribution in [0.5, 0.6) is 0 Å². The van der Waals surface area contributed by atoms with E-state index in [-0.39, 0.29) is 12.5 Å². The highest BCUT2D eigenvalue weighted by molar-refractivity contribution is 6.30. The van der Waals surface area contributed by atoms with Gasteiger partial charge in [-0.15, -0.1) is 0 Å². The molecule has 0 aliphatic heterocycles. The van der Waals surface area contributed by atoms with Crippen LogP contribution in [0.1, 0.15) is 38.8 Å². The van der Waals surface area contributed by atoms with Crippen LogP contribution in [0.3, 0.4) is 0 Å². The summed E-state index contributed by atoms with van der Waals surface area (Å²) in [5.74, 6) is -0.709. The van der Waals surface area contributed by atoms with Gasteiger partial charge in [0.25, 0.3) is 0 Å². The van der Waals surface area contributed by atoms with E-state index >= 15 is 0 Å². The second kappa shape index (κ2) is 16.8. The molecule has 10 nitrogen and oxygen atoms in total. The molecule has 43 heavy (non-hydrogen) atoms. The zero-order valence-electron chi connectivity index (χ0n) is 25.4. The van der Waals surface area contributed by atoms with Gasteiger partial charge in [-0.25, -0.2) is 9.80 Å². The summed E-state index contributed by atoms with van der Waals surface area (Å²) in [6, 6.07) is 19.3. The van der Waals surface area contributed by atoms with Crippen molar-refractivity contribution in [1.82, 2.24) is 26.0 Å². The molecule has 0 saturated heterocycles. The molecule has 3 aromatic rings. The number of amides is 4. The molecule has 0 heterocycles. The molecule has 3 rings (SSSR count). The SMILES string of the molecule is CCOC(OCC)C(C)N(Cc1cccc2ccccc12)C(=O)C(C)NC(=O)CN(C)NC(=O)NCc1ccc(Cl)cc1. The van der Waals surface area contributed by atoms with Crippen molar-refractivity contribution in [3.8, 4) is 0 Å². The highest BCUT2D eigenvalue weighted by Crippen LogP contribution is 2.23. The Balaban J connectivity index is 1.65. The van der Waals surface area contributed by atoms with Crippen LogP contribution in [-0.2, 0) is 32.2 Å². The van der Waals surface area contributed by atoms with Crippen molar-refractivity contribution in [2.75, 3.05) is 26.8 Å². The number of nitrogens with one attached hydrogen (secondary N) is 3. The predicted octanol–water partition coefficient (Wildman–Crippen LogP) is 4.46. The van der Waals surface area contributed by atoms with Crippen molar-refractivity contribution in [2.45, 2.75) is 59.2 Å². The molecule has 3 N–H and O–H groups in total. The van der Waals surface area contributed by atoms with Gasteiger partial charge in [-0.2, -0.15) is 0 Å². The third kappa shape index (κ3) is 10.2. The van der Waals surface area contributed by atoms with Crippen molar-refractivity contribution in [3.63, 3.8) is 0 Å². The lowest BCUT2D eigenvalue weighted by atomic mass is 10.0. The predicted molar refractivity (Wildman–Crippen MR) is 168 cm³/mol. The first-order valence-corrected chi connectivity index (χ1v) is 14.8. The summed E-state index contributed by atoms with van der Waals surface area (Å²) in [7, 11) is 1.57. The van der Waals surface area contributed by atoms with E-state index in [0.717, 1.165) is 21.9 Å². The summed E-state index contributed by atoms with van der Waals surface area (Å²) in [6.45, 7) is 8.55. The number of halogens is 1. The number of benzene rings is 3. The number of carbonyl (C=O) groups is 3. The molecule has 0 radical (unpaired) electrons. The maximum Gasteiger partial charge on any atom is 0.329 e. The van der Waals surface area contributed by atoms with Crippen LogP contribution in [0.2, 0.25) is 5.02 Å². The number of nitrogens with zero attached hydrogens (tertiary/aromatic N) is 2. The van der Waals surface area contributed by atoms with Crippen LogP contribution in [0, 0.1) is 0 Å². The fourth-order valence-corrected chi connectivity index (χ4v) is 4.81. The number of hydrazine groups is 1. The van der Waals surface area contributed by atoms with E-state index in [9.17, 15) is 14.4 Å². The molecule has 2 atom stereocenters. The molecule has 0 bridgehead atoms. The van der Waals surface area contributed by atoms with Gasteiger partial charge >= 0.3 is 6.03 Å². The third-order valence-electron chi connectivity index (χ3n) is 6.84. The van der Waals surface area contributed by atoms with E-state index < -0.39 is 30.3 Å². The van der Waals surface area contributed by atoms with Gasteiger partial charge < -0.3 is 25.0 Å². The Morgan fingerprint density at radius 2 is 1.56 bits per heavy atom. The highest BCUT2D eigenvalue weighted by atomic mass is 35.5. The molecule has 0 saturated carbocycles. The fraction of sp³-hybridized carbons (Fsp3) is 0.406. The largest absolute Gasteiger partial charge is 0.351 e. The third-order valence-corrected chi connectivity index (χ3v) is 7.09. The van der Waals surface area contributed by atoms with E-state index in [1.165, 1.54) is 5.01 Å². The van der Waals surface area contributed by atoms with Crippen LogP contribution >= 0.6 is 11.6 Å². The van der Waals surface area contributed by atoms with Gasteiger partial charge in [-0.05, 0) is 61.7 Å². The van der Waals surface area contributed by atoms with Crippen LogP contribution in [0.25, 0.3) is 10.8 Å².